The van der Waals surface area contributed by atoms with Crippen molar-refractivity contribution in [2.24, 2.45) is 11.8 Å². The number of rotatable bonds is 3. The third-order valence-corrected chi connectivity index (χ3v) is 3.35. The first-order valence-corrected chi connectivity index (χ1v) is 5.96. The van der Waals surface area contributed by atoms with Crippen molar-refractivity contribution in [3.63, 3.8) is 0 Å². The number of nitrogens with zero attached hydrogens (tertiary/aromatic N) is 3. The Bertz CT molecular complexity index is 367. The summed E-state index contributed by atoms with van der Waals surface area (Å²) in [6.07, 6.45) is 2.94. The van der Waals surface area contributed by atoms with Gasteiger partial charge in [-0.2, -0.15) is 0 Å². The Labute approximate surface area is 101 Å². The van der Waals surface area contributed by atoms with Crippen molar-refractivity contribution < 1.29 is 10.2 Å². The molecule has 2 N–H and O–H groups in total. The Morgan fingerprint density at radius 2 is 2.00 bits per heavy atom. The van der Waals surface area contributed by atoms with Gasteiger partial charge >= 0.3 is 0 Å². The molecule has 2 heterocycles. The lowest BCUT2D eigenvalue weighted by Crippen LogP contribution is -2.23. The van der Waals surface area contributed by atoms with Crippen LogP contribution >= 0.6 is 0 Å². The van der Waals surface area contributed by atoms with Crippen molar-refractivity contribution in [3.05, 3.63) is 18.0 Å². The van der Waals surface area contributed by atoms with Crippen LogP contribution in [0.1, 0.15) is 19.4 Å². The molecule has 94 valence electrons. The van der Waals surface area contributed by atoms with E-state index in [1.54, 1.807) is 12.4 Å². The summed E-state index contributed by atoms with van der Waals surface area (Å²) in [6.45, 7) is 5.57. The zero-order chi connectivity index (χ0) is 12.4. The van der Waals surface area contributed by atoms with Gasteiger partial charge in [-0.3, -0.25) is 0 Å². The van der Waals surface area contributed by atoms with Gasteiger partial charge in [0, 0.05) is 37.0 Å². The molecule has 1 fully saturated rings. The van der Waals surface area contributed by atoms with Gasteiger partial charge in [0.05, 0.1) is 12.7 Å². The van der Waals surface area contributed by atoms with E-state index in [0.717, 1.165) is 6.54 Å². The number of aliphatic hydroxyl groups excluding tert-OH is 2. The van der Waals surface area contributed by atoms with E-state index < -0.39 is 0 Å². The van der Waals surface area contributed by atoms with Crippen molar-refractivity contribution in [1.29, 1.82) is 0 Å². The molecular formula is C12H19N3O2. The number of hydrogen-bond acceptors (Lipinski definition) is 5. The van der Waals surface area contributed by atoms with Crippen LogP contribution in [0.25, 0.3) is 0 Å². The highest BCUT2D eigenvalue weighted by Crippen LogP contribution is 2.26. The van der Waals surface area contributed by atoms with Gasteiger partial charge in [-0.15, -0.1) is 0 Å². The Balaban J connectivity index is 2.08. The minimum atomic E-state index is -0.309. The second-order valence-corrected chi connectivity index (χ2v) is 4.93. The van der Waals surface area contributed by atoms with Crippen LogP contribution in [-0.4, -0.2) is 39.4 Å². The average Bonchev–Trinajstić information content (AvgIpc) is 2.71. The lowest BCUT2D eigenvalue weighted by atomic mass is 9.93. The molecule has 0 bridgehead atoms. The van der Waals surface area contributed by atoms with E-state index in [1.807, 2.05) is 4.90 Å². The van der Waals surface area contributed by atoms with Crippen LogP contribution < -0.4 is 4.90 Å². The fraction of sp³-hybridized carbons (Fsp3) is 0.667. The second-order valence-electron chi connectivity index (χ2n) is 4.93. The number of hydrogen-bond donors (Lipinski definition) is 2. The van der Waals surface area contributed by atoms with E-state index >= 15 is 0 Å². The minimum absolute atomic E-state index is 0.0441. The van der Waals surface area contributed by atoms with Crippen molar-refractivity contribution in [1.82, 2.24) is 9.97 Å². The van der Waals surface area contributed by atoms with Crippen LogP contribution in [0, 0.1) is 11.8 Å². The first kappa shape index (κ1) is 12.3. The zero-order valence-corrected chi connectivity index (χ0v) is 10.2. The monoisotopic (exact) mass is 237 g/mol. The van der Waals surface area contributed by atoms with Crippen molar-refractivity contribution in [2.75, 3.05) is 18.0 Å². The molecule has 5 heteroatoms. The number of β-amino-alcohol motifs (C(OH)–C–C–N with tert-alkyl or cyclic N) is 1. The molecule has 1 aliphatic heterocycles. The Morgan fingerprint density at radius 1 is 1.35 bits per heavy atom. The maximum absolute atomic E-state index is 9.95. The molecule has 2 atom stereocenters. The number of aromatic nitrogens is 2. The van der Waals surface area contributed by atoms with Gasteiger partial charge in [0.1, 0.15) is 0 Å². The highest BCUT2D eigenvalue weighted by atomic mass is 16.3. The topological polar surface area (TPSA) is 69.5 Å². The highest BCUT2D eigenvalue weighted by molar-refractivity contribution is 5.32. The highest BCUT2D eigenvalue weighted by Gasteiger charge is 2.34. The summed E-state index contributed by atoms with van der Waals surface area (Å²) in [7, 11) is 0. The fourth-order valence-corrected chi connectivity index (χ4v) is 2.22. The van der Waals surface area contributed by atoms with Gasteiger partial charge in [0.15, 0.2) is 0 Å². The predicted octanol–water partition coefficient (Wildman–Crippen LogP) is 0.422. The largest absolute Gasteiger partial charge is 0.392 e. The Kier molecular flexibility index (Phi) is 3.59. The summed E-state index contributed by atoms with van der Waals surface area (Å²) in [5.41, 5.74) is 0.703. The van der Waals surface area contributed by atoms with Gasteiger partial charge in [-0.1, -0.05) is 13.8 Å². The molecule has 17 heavy (non-hydrogen) atoms. The lowest BCUT2D eigenvalue weighted by Gasteiger charge is -2.17. The average molecular weight is 237 g/mol. The summed E-state index contributed by atoms with van der Waals surface area (Å²) >= 11 is 0. The molecule has 0 unspecified atom stereocenters. The third-order valence-electron chi connectivity index (χ3n) is 3.35. The zero-order valence-electron chi connectivity index (χ0n) is 10.2. The normalized spacial score (nSPS) is 24.6. The molecule has 1 aromatic rings. The van der Waals surface area contributed by atoms with Gasteiger partial charge in [-0.05, 0) is 5.92 Å². The quantitative estimate of drug-likeness (QED) is 0.797. The van der Waals surface area contributed by atoms with E-state index in [2.05, 4.69) is 23.8 Å². The van der Waals surface area contributed by atoms with E-state index in [1.165, 1.54) is 0 Å². The summed E-state index contributed by atoms with van der Waals surface area (Å²) in [6, 6.07) is 0. The van der Waals surface area contributed by atoms with Gasteiger partial charge in [0.25, 0.3) is 0 Å². The molecule has 1 aliphatic rings. The maximum atomic E-state index is 9.95. The van der Waals surface area contributed by atoms with Crippen molar-refractivity contribution >= 4 is 5.95 Å². The molecule has 1 aromatic heterocycles. The third kappa shape index (κ3) is 2.56. The number of aliphatic hydroxyl groups is 2. The van der Waals surface area contributed by atoms with Gasteiger partial charge in [0.2, 0.25) is 5.95 Å². The summed E-state index contributed by atoms with van der Waals surface area (Å²) < 4.78 is 0. The van der Waals surface area contributed by atoms with Crippen LogP contribution in [-0.2, 0) is 6.61 Å². The molecule has 0 saturated carbocycles. The smallest absolute Gasteiger partial charge is 0.225 e. The van der Waals surface area contributed by atoms with Crippen LogP contribution in [0.5, 0.6) is 0 Å². The van der Waals surface area contributed by atoms with Crippen LogP contribution in [0.4, 0.5) is 5.95 Å². The molecule has 0 aliphatic carbocycles. The van der Waals surface area contributed by atoms with Crippen LogP contribution in [0.2, 0.25) is 0 Å². The van der Waals surface area contributed by atoms with Crippen molar-refractivity contribution in [3.8, 4) is 0 Å². The fourth-order valence-electron chi connectivity index (χ4n) is 2.22. The SMILES string of the molecule is CC(C)[C@@H]1CN(c2ncc(CO)cn2)C[C@H]1O. The van der Waals surface area contributed by atoms with Gasteiger partial charge < -0.3 is 15.1 Å². The van der Waals surface area contributed by atoms with E-state index in [-0.39, 0.29) is 18.6 Å². The lowest BCUT2D eigenvalue weighted by molar-refractivity contribution is 0.123. The standard InChI is InChI=1S/C12H19N3O2/c1-8(2)10-5-15(6-11(10)17)12-13-3-9(7-16)4-14-12/h3-4,8,10-11,16-17H,5-7H2,1-2H3/t10-,11+/m0/s1. The first-order chi connectivity index (χ1) is 8.11. The van der Waals surface area contributed by atoms with Crippen molar-refractivity contribution in [2.45, 2.75) is 26.6 Å². The molecule has 0 spiro atoms. The van der Waals surface area contributed by atoms with Crippen LogP contribution in [0.15, 0.2) is 12.4 Å². The minimum Gasteiger partial charge on any atom is -0.392 e. The second kappa shape index (κ2) is 4.98. The molecule has 2 rings (SSSR count). The van der Waals surface area contributed by atoms with E-state index in [9.17, 15) is 5.11 Å². The molecular weight excluding hydrogens is 218 g/mol. The molecule has 0 aromatic carbocycles. The summed E-state index contributed by atoms with van der Waals surface area (Å²) in [5.74, 6) is 1.35. The van der Waals surface area contributed by atoms with E-state index in [0.29, 0.717) is 24.0 Å². The molecule has 0 radical (unpaired) electrons. The molecule has 1 saturated heterocycles. The predicted molar refractivity (Wildman–Crippen MR) is 64.5 cm³/mol. The Morgan fingerprint density at radius 3 is 2.47 bits per heavy atom. The summed E-state index contributed by atoms with van der Waals surface area (Å²) in [5, 5.41) is 18.9. The Hall–Kier alpha value is -1.20. The van der Waals surface area contributed by atoms with Gasteiger partial charge in [-0.25, -0.2) is 9.97 Å². The first-order valence-electron chi connectivity index (χ1n) is 5.96. The number of anilines is 1. The molecule has 0 amide bonds. The molecule has 5 nitrogen and oxygen atoms in total. The summed E-state index contributed by atoms with van der Waals surface area (Å²) in [4.78, 5) is 10.4. The van der Waals surface area contributed by atoms with Crippen LogP contribution in [0.3, 0.4) is 0 Å². The maximum Gasteiger partial charge on any atom is 0.225 e. The van der Waals surface area contributed by atoms with E-state index in [4.69, 9.17) is 5.11 Å².